The summed E-state index contributed by atoms with van der Waals surface area (Å²) >= 11 is 3.53. The summed E-state index contributed by atoms with van der Waals surface area (Å²) in [6, 6.07) is 10.9. The normalized spacial score (nSPS) is 19.0. The van der Waals surface area contributed by atoms with E-state index in [1.165, 1.54) is 14.2 Å². The number of aromatic hydroxyl groups is 1. The Bertz CT molecular complexity index is 1040. The summed E-state index contributed by atoms with van der Waals surface area (Å²) in [6.07, 6.45) is 1.96. The van der Waals surface area contributed by atoms with E-state index < -0.39 is 5.92 Å². The van der Waals surface area contributed by atoms with Gasteiger partial charge in [0.15, 0.2) is 17.3 Å². The van der Waals surface area contributed by atoms with Crippen molar-refractivity contribution >= 4 is 33.3 Å². The molecular weight excluding hydrogens is 450 g/mol. The fourth-order valence-corrected chi connectivity index (χ4v) is 4.77. The van der Waals surface area contributed by atoms with Crippen molar-refractivity contribution in [2.24, 2.45) is 0 Å². The molecular formula is C23H22BrNO5. The van der Waals surface area contributed by atoms with Crippen LogP contribution in [0.15, 0.2) is 52.1 Å². The summed E-state index contributed by atoms with van der Waals surface area (Å²) in [5.41, 5.74) is 2.87. The maximum Gasteiger partial charge on any atom is 0.232 e. The third-order valence-corrected chi connectivity index (χ3v) is 6.34. The number of hydrogen-bond acceptors (Lipinski definition) is 5. The number of ether oxygens (including phenoxy) is 2. The number of rotatable bonds is 4. The van der Waals surface area contributed by atoms with Gasteiger partial charge in [0.05, 0.1) is 19.9 Å². The molecule has 4 rings (SSSR count). The van der Waals surface area contributed by atoms with Crippen LogP contribution in [0.4, 0.5) is 5.69 Å². The molecule has 1 unspecified atom stereocenters. The van der Waals surface area contributed by atoms with Gasteiger partial charge in [-0.05, 0) is 58.6 Å². The van der Waals surface area contributed by atoms with Crippen LogP contribution in [0.2, 0.25) is 0 Å². The molecule has 2 aromatic rings. The maximum atomic E-state index is 13.3. The standard InChI is InChI=1S/C23H22BrNO5/c1-29-19-10-13(11-20(30-2)23(19)28)14-12-21(27)25(16-7-4-3-6-15(16)24)17-8-5-9-18(26)22(14)17/h3-4,6-7,10-11,14,28H,5,8-9,12H2,1-2H3. The van der Waals surface area contributed by atoms with Gasteiger partial charge in [-0.15, -0.1) is 0 Å². The van der Waals surface area contributed by atoms with Gasteiger partial charge >= 0.3 is 0 Å². The number of halogens is 1. The van der Waals surface area contributed by atoms with E-state index in [9.17, 15) is 14.7 Å². The molecule has 2 aliphatic rings. The largest absolute Gasteiger partial charge is 0.502 e. The molecule has 0 spiro atoms. The number of allylic oxidation sites excluding steroid dienone is 2. The summed E-state index contributed by atoms with van der Waals surface area (Å²) in [4.78, 5) is 28.0. The highest BCUT2D eigenvalue weighted by Crippen LogP contribution is 2.47. The molecule has 1 aliphatic heterocycles. The zero-order valence-corrected chi connectivity index (χ0v) is 18.4. The minimum absolute atomic E-state index is 0.0526. The van der Waals surface area contributed by atoms with Crippen LogP contribution in [0.5, 0.6) is 17.2 Å². The zero-order chi connectivity index (χ0) is 21.4. The molecule has 0 fully saturated rings. The molecule has 6 nitrogen and oxygen atoms in total. The number of carbonyl (C=O) groups excluding carboxylic acids is 2. The lowest BCUT2D eigenvalue weighted by molar-refractivity contribution is -0.119. The number of amides is 1. The molecule has 1 heterocycles. The fraction of sp³-hybridized carbons (Fsp3) is 0.304. The van der Waals surface area contributed by atoms with Gasteiger partial charge in [-0.2, -0.15) is 0 Å². The highest BCUT2D eigenvalue weighted by Gasteiger charge is 2.40. The Morgan fingerprint density at radius 1 is 1.07 bits per heavy atom. The van der Waals surface area contributed by atoms with E-state index in [1.807, 2.05) is 24.3 Å². The highest BCUT2D eigenvalue weighted by atomic mass is 79.9. The SMILES string of the molecule is COc1cc(C2CC(=O)N(c3ccccc3Br)C3=C2C(=O)CCC3)cc(OC)c1O. The van der Waals surface area contributed by atoms with Crippen LogP contribution in [-0.4, -0.2) is 31.0 Å². The second-order valence-corrected chi connectivity index (χ2v) is 8.20. The lowest BCUT2D eigenvalue weighted by Crippen LogP contribution is -2.40. The van der Waals surface area contributed by atoms with Crippen molar-refractivity contribution in [1.82, 2.24) is 0 Å². The Kier molecular flexibility index (Phi) is 5.56. The van der Waals surface area contributed by atoms with E-state index in [4.69, 9.17) is 9.47 Å². The monoisotopic (exact) mass is 471 g/mol. The molecule has 0 bridgehead atoms. The Morgan fingerprint density at radius 2 is 1.73 bits per heavy atom. The molecule has 0 aromatic heterocycles. The molecule has 1 atom stereocenters. The van der Waals surface area contributed by atoms with Crippen molar-refractivity contribution in [1.29, 1.82) is 0 Å². The number of para-hydroxylation sites is 1. The van der Waals surface area contributed by atoms with E-state index >= 15 is 0 Å². The summed E-state index contributed by atoms with van der Waals surface area (Å²) in [7, 11) is 2.91. The van der Waals surface area contributed by atoms with Gasteiger partial charge in [0.25, 0.3) is 0 Å². The lowest BCUT2D eigenvalue weighted by Gasteiger charge is -2.38. The molecule has 156 valence electrons. The number of phenols is 1. The molecule has 0 saturated heterocycles. The quantitative estimate of drug-likeness (QED) is 0.699. The van der Waals surface area contributed by atoms with Crippen molar-refractivity contribution < 1.29 is 24.2 Å². The van der Waals surface area contributed by atoms with Gasteiger partial charge in [0.1, 0.15) is 0 Å². The van der Waals surface area contributed by atoms with Gasteiger partial charge in [-0.3, -0.25) is 14.5 Å². The lowest BCUT2D eigenvalue weighted by atomic mass is 9.77. The van der Waals surface area contributed by atoms with E-state index in [-0.39, 0.29) is 35.4 Å². The summed E-state index contributed by atoms with van der Waals surface area (Å²) in [5, 5.41) is 10.3. The Balaban J connectivity index is 1.90. The highest BCUT2D eigenvalue weighted by molar-refractivity contribution is 9.10. The van der Waals surface area contributed by atoms with Crippen molar-refractivity contribution in [2.45, 2.75) is 31.6 Å². The van der Waals surface area contributed by atoms with Crippen molar-refractivity contribution in [3.63, 3.8) is 0 Å². The molecule has 2 aromatic carbocycles. The van der Waals surface area contributed by atoms with Crippen LogP contribution >= 0.6 is 15.9 Å². The number of carbonyl (C=O) groups is 2. The van der Waals surface area contributed by atoms with Gasteiger partial charge < -0.3 is 14.6 Å². The van der Waals surface area contributed by atoms with Crippen LogP contribution in [0.1, 0.15) is 37.2 Å². The number of Topliss-reactive ketones (excluding diaryl/α,β-unsaturated/α-hetero) is 1. The average Bonchev–Trinajstić information content (AvgIpc) is 2.74. The van der Waals surface area contributed by atoms with Gasteiger partial charge in [0, 0.05) is 34.5 Å². The van der Waals surface area contributed by atoms with Crippen molar-refractivity contribution in [3.8, 4) is 17.2 Å². The van der Waals surface area contributed by atoms with E-state index in [2.05, 4.69) is 15.9 Å². The minimum atomic E-state index is -0.414. The number of hydrogen-bond donors (Lipinski definition) is 1. The first-order valence-corrected chi connectivity index (χ1v) is 10.5. The number of methoxy groups -OCH3 is 2. The van der Waals surface area contributed by atoms with Crippen LogP contribution in [-0.2, 0) is 9.59 Å². The second kappa shape index (κ2) is 8.14. The first-order valence-electron chi connectivity index (χ1n) is 9.74. The van der Waals surface area contributed by atoms with Gasteiger partial charge in [-0.25, -0.2) is 0 Å². The number of benzene rings is 2. The summed E-state index contributed by atoms with van der Waals surface area (Å²) in [6.45, 7) is 0. The smallest absolute Gasteiger partial charge is 0.232 e. The summed E-state index contributed by atoms with van der Waals surface area (Å²) in [5.74, 6) is -0.0543. The van der Waals surface area contributed by atoms with Crippen LogP contribution in [0.25, 0.3) is 0 Å². The van der Waals surface area contributed by atoms with E-state index in [0.29, 0.717) is 30.4 Å². The second-order valence-electron chi connectivity index (χ2n) is 7.35. The Morgan fingerprint density at radius 3 is 2.37 bits per heavy atom. The third kappa shape index (κ3) is 3.37. The molecule has 1 aliphatic carbocycles. The minimum Gasteiger partial charge on any atom is -0.502 e. The van der Waals surface area contributed by atoms with E-state index in [0.717, 1.165) is 15.9 Å². The molecule has 1 amide bonds. The molecule has 0 saturated carbocycles. The fourth-order valence-electron chi connectivity index (χ4n) is 4.31. The first-order chi connectivity index (χ1) is 14.5. The number of phenolic OH excluding ortho intramolecular Hbond substituents is 1. The number of anilines is 1. The number of ketones is 1. The first kappa shape index (κ1) is 20.5. The maximum absolute atomic E-state index is 13.3. The van der Waals surface area contributed by atoms with Gasteiger partial charge in [-0.1, -0.05) is 12.1 Å². The predicted octanol–water partition coefficient (Wildman–Crippen LogP) is 4.70. The van der Waals surface area contributed by atoms with Gasteiger partial charge in [0.2, 0.25) is 11.7 Å². The van der Waals surface area contributed by atoms with Crippen molar-refractivity contribution in [3.05, 3.63) is 57.7 Å². The van der Waals surface area contributed by atoms with E-state index in [1.54, 1.807) is 17.0 Å². The topological polar surface area (TPSA) is 76.1 Å². The van der Waals surface area contributed by atoms with Crippen LogP contribution in [0.3, 0.4) is 0 Å². The van der Waals surface area contributed by atoms with Crippen molar-refractivity contribution in [2.75, 3.05) is 19.1 Å². The molecule has 7 heteroatoms. The Hall–Kier alpha value is -2.80. The summed E-state index contributed by atoms with van der Waals surface area (Å²) < 4.78 is 11.4. The molecule has 30 heavy (non-hydrogen) atoms. The Labute approximate surface area is 183 Å². The predicted molar refractivity (Wildman–Crippen MR) is 116 cm³/mol. The molecule has 0 radical (unpaired) electrons. The van der Waals surface area contributed by atoms with Crippen LogP contribution in [0, 0.1) is 0 Å². The van der Waals surface area contributed by atoms with Crippen LogP contribution < -0.4 is 14.4 Å². The zero-order valence-electron chi connectivity index (χ0n) is 16.8. The average molecular weight is 472 g/mol. The third-order valence-electron chi connectivity index (χ3n) is 5.67. The number of nitrogens with zero attached hydrogens (tertiary/aromatic N) is 1. The molecule has 1 N–H and O–H groups in total.